The Morgan fingerprint density at radius 2 is 1.95 bits per heavy atom. The first-order valence-electron chi connectivity index (χ1n) is 7.70. The van der Waals surface area contributed by atoms with Crippen LogP contribution in [0.4, 0.5) is 0 Å². The zero-order chi connectivity index (χ0) is 15.0. The average molecular weight is 287 g/mol. The summed E-state index contributed by atoms with van der Waals surface area (Å²) in [5, 5.41) is 12.3. The quantitative estimate of drug-likeness (QED) is 0.818. The van der Waals surface area contributed by atoms with E-state index in [-0.39, 0.29) is 23.0 Å². The SMILES string of the molecule is CC(=O)c1cc(O)ccc1C(=O)NCCC1C2CCCC21. The fraction of sp³-hybridized carbons (Fsp3) is 0.529. The molecule has 2 atom stereocenters. The lowest BCUT2D eigenvalue weighted by Gasteiger charge is -2.09. The van der Waals surface area contributed by atoms with Crippen molar-refractivity contribution in [3.05, 3.63) is 29.3 Å². The van der Waals surface area contributed by atoms with Crippen molar-refractivity contribution in [3.63, 3.8) is 0 Å². The van der Waals surface area contributed by atoms with Gasteiger partial charge in [0, 0.05) is 12.1 Å². The van der Waals surface area contributed by atoms with Gasteiger partial charge in [0.25, 0.3) is 5.91 Å². The highest BCUT2D eigenvalue weighted by atomic mass is 16.3. The number of hydrogen-bond acceptors (Lipinski definition) is 3. The highest BCUT2D eigenvalue weighted by Gasteiger charge is 2.51. The molecule has 4 heteroatoms. The zero-order valence-electron chi connectivity index (χ0n) is 12.3. The monoisotopic (exact) mass is 287 g/mol. The fourth-order valence-corrected chi connectivity index (χ4v) is 3.87. The van der Waals surface area contributed by atoms with E-state index in [9.17, 15) is 14.7 Å². The minimum absolute atomic E-state index is 0.00237. The Bertz CT molecular complexity index is 571. The Labute approximate surface area is 124 Å². The van der Waals surface area contributed by atoms with E-state index in [2.05, 4.69) is 5.32 Å². The van der Waals surface area contributed by atoms with Gasteiger partial charge in [0.1, 0.15) is 5.75 Å². The van der Waals surface area contributed by atoms with E-state index >= 15 is 0 Å². The summed E-state index contributed by atoms with van der Waals surface area (Å²) in [5.41, 5.74) is 0.618. The number of carbonyl (C=O) groups excluding carboxylic acids is 2. The Balaban J connectivity index is 1.56. The first-order chi connectivity index (χ1) is 10.1. The van der Waals surface area contributed by atoms with Crippen molar-refractivity contribution >= 4 is 11.7 Å². The van der Waals surface area contributed by atoms with Gasteiger partial charge >= 0.3 is 0 Å². The van der Waals surface area contributed by atoms with Gasteiger partial charge in [-0.1, -0.05) is 6.42 Å². The summed E-state index contributed by atoms with van der Waals surface area (Å²) in [5.74, 6) is 2.17. The van der Waals surface area contributed by atoms with Crippen molar-refractivity contribution in [2.45, 2.75) is 32.6 Å². The van der Waals surface area contributed by atoms with Crippen LogP contribution >= 0.6 is 0 Å². The third kappa shape index (κ3) is 2.80. The van der Waals surface area contributed by atoms with Crippen LogP contribution in [0.15, 0.2) is 18.2 Å². The Morgan fingerprint density at radius 3 is 2.62 bits per heavy atom. The number of nitrogens with one attached hydrogen (secondary N) is 1. The van der Waals surface area contributed by atoms with Crippen molar-refractivity contribution in [1.29, 1.82) is 0 Å². The van der Waals surface area contributed by atoms with Crippen molar-refractivity contribution in [2.24, 2.45) is 17.8 Å². The largest absolute Gasteiger partial charge is 0.508 e. The van der Waals surface area contributed by atoms with E-state index in [0.29, 0.717) is 12.1 Å². The third-order valence-corrected chi connectivity index (χ3v) is 4.97. The van der Waals surface area contributed by atoms with Crippen molar-refractivity contribution in [3.8, 4) is 5.75 Å². The van der Waals surface area contributed by atoms with Crippen LogP contribution in [-0.4, -0.2) is 23.3 Å². The third-order valence-electron chi connectivity index (χ3n) is 4.97. The second-order valence-corrected chi connectivity index (χ2v) is 6.25. The molecule has 0 saturated heterocycles. The Kier molecular flexibility index (Phi) is 3.70. The van der Waals surface area contributed by atoms with Crippen LogP contribution in [-0.2, 0) is 0 Å². The van der Waals surface area contributed by atoms with Crippen LogP contribution in [0.5, 0.6) is 5.75 Å². The standard InChI is InChI=1S/C17H21NO3/c1-10(19)16-9-11(20)5-6-15(16)17(21)18-8-7-14-12-3-2-4-13(12)14/h5-6,9,12-14,20H,2-4,7-8H2,1H3,(H,18,21). The maximum atomic E-state index is 12.2. The summed E-state index contributed by atoms with van der Waals surface area (Å²) in [6.45, 7) is 2.06. The van der Waals surface area contributed by atoms with E-state index < -0.39 is 0 Å². The molecule has 0 heterocycles. The van der Waals surface area contributed by atoms with Gasteiger partial charge in [-0.15, -0.1) is 0 Å². The normalized spacial score (nSPS) is 26.2. The van der Waals surface area contributed by atoms with Gasteiger partial charge in [-0.3, -0.25) is 9.59 Å². The highest BCUT2D eigenvalue weighted by Crippen LogP contribution is 2.58. The van der Waals surface area contributed by atoms with Gasteiger partial charge in [0.15, 0.2) is 5.78 Å². The van der Waals surface area contributed by atoms with E-state index in [1.807, 2.05) is 0 Å². The molecule has 21 heavy (non-hydrogen) atoms. The second-order valence-electron chi connectivity index (χ2n) is 6.25. The minimum Gasteiger partial charge on any atom is -0.508 e. The first-order valence-corrected chi connectivity index (χ1v) is 7.70. The minimum atomic E-state index is -0.231. The van der Waals surface area contributed by atoms with Crippen LogP contribution in [0.2, 0.25) is 0 Å². The predicted molar refractivity (Wildman–Crippen MR) is 79.4 cm³/mol. The number of hydrogen-bond donors (Lipinski definition) is 2. The van der Waals surface area contributed by atoms with Gasteiger partial charge in [-0.2, -0.15) is 0 Å². The molecule has 1 amide bonds. The zero-order valence-corrected chi connectivity index (χ0v) is 12.3. The topological polar surface area (TPSA) is 66.4 Å². The molecule has 2 aliphatic rings. The maximum absolute atomic E-state index is 12.2. The lowest BCUT2D eigenvalue weighted by atomic mass is 10.0. The van der Waals surface area contributed by atoms with Crippen molar-refractivity contribution in [2.75, 3.05) is 6.54 Å². The van der Waals surface area contributed by atoms with E-state index in [0.717, 1.165) is 24.2 Å². The molecule has 1 aromatic rings. The molecule has 0 bridgehead atoms. The molecule has 0 aromatic heterocycles. The lowest BCUT2D eigenvalue weighted by Crippen LogP contribution is -2.26. The molecule has 0 spiro atoms. The van der Waals surface area contributed by atoms with Crippen molar-refractivity contribution in [1.82, 2.24) is 5.32 Å². The lowest BCUT2D eigenvalue weighted by molar-refractivity contribution is 0.0937. The van der Waals surface area contributed by atoms with Crippen molar-refractivity contribution < 1.29 is 14.7 Å². The van der Waals surface area contributed by atoms with E-state index in [1.54, 1.807) is 0 Å². The summed E-state index contributed by atoms with van der Waals surface area (Å²) >= 11 is 0. The van der Waals surface area contributed by atoms with Gasteiger partial charge in [-0.05, 0) is 62.1 Å². The summed E-state index contributed by atoms with van der Waals surface area (Å²) < 4.78 is 0. The Morgan fingerprint density at radius 1 is 1.24 bits per heavy atom. The molecule has 2 saturated carbocycles. The number of benzene rings is 1. The van der Waals surface area contributed by atoms with Crippen LogP contribution in [0.1, 0.15) is 53.3 Å². The molecule has 0 radical (unpaired) electrons. The molecular weight excluding hydrogens is 266 g/mol. The fourth-order valence-electron chi connectivity index (χ4n) is 3.87. The number of rotatable bonds is 5. The molecule has 112 valence electrons. The molecule has 2 aliphatic carbocycles. The Hall–Kier alpha value is -1.84. The number of phenolic OH excluding ortho intramolecular Hbond substituents is 1. The summed E-state index contributed by atoms with van der Waals surface area (Å²) in [7, 11) is 0. The average Bonchev–Trinajstić information content (AvgIpc) is 2.89. The number of phenols is 1. The van der Waals surface area contributed by atoms with Gasteiger partial charge < -0.3 is 10.4 Å². The molecule has 4 nitrogen and oxygen atoms in total. The predicted octanol–water partition coefficient (Wildman–Crippen LogP) is 2.76. The van der Waals surface area contributed by atoms with Gasteiger partial charge in [0.05, 0.1) is 5.56 Å². The van der Waals surface area contributed by atoms with Gasteiger partial charge in [-0.25, -0.2) is 0 Å². The number of amides is 1. The van der Waals surface area contributed by atoms with Crippen LogP contribution in [0.25, 0.3) is 0 Å². The molecular formula is C17H21NO3. The summed E-state index contributed by atoms with van der Waals surface area (Å²) in [6.07, 6.45) is 5.12. The van der Waals surface area contributed by atoms with Crippen LogP contribution in [0.3, 0.4) is 0 Å². The molecule has 3 rings (SSSR count). The molecule has 2 fully saturated rings. The number of aromatic hydroxyl groups is 1. The number of carbonyl (C=O) groups is 2. The van der Waals surface area contributed by atoms with Crippen LogP contribution < -0.4 is 5.32 Å². The molecule has 2 unspecified atom stereocenters. The maximum Gasteiger partial charge on any atom is 0.252 e. The smallest absolute Gasteiger partial charge is 0.252 e. The van der Waals surface area contributed by atoms with Gasteiger partial charge in [0.2, 0.25) is 0 Å². The summed E-state index contributed by atoms with van der Waals surface area (Å²) in [4.78, 5) is 23.7. The van der Waals surface area contributed by atoms with Crippen LogP contribution in [0, 0.1) is 17.8 Å². The highest BCUT2D eigenvalue weighted by molar-refractivity contribution is 6.07. The van der Waals surface area contributed by atoms with E-state index in [1.165, 1.54) is 44.4 Å². The first kappa shape index (κ1) is 14.1. The summed E-state index contributed by atoms with van der Waals surface area (Å²) in [6, 6.07) is 4.29. The number of Topliss-reactive ketones (excluding diaryl/α,β-unsaturated/α-hetero) is 1. The molecule has 0 aliphatic heterocycles. The van der Waals surface area contributed by atoms with E-state index in [4.69, 9.17) is 0 Å². The number of fused-ring (bicyclic) bond motifs is 1. The second kappa shape index (κ2) is 5.51. The molecule has 1 aromatic carbocycles. The number of ketones is 1. The molecule has 2 N–H and O–H groups in total.